The van der Waals surface area contributed by atoms with Gasteiger partial charge in [0.25, 0.3) is 0 Å². The number of piperazine rings is 1. The molecule has 1 aliphatic rings. The predicted octanol–water partition coefficient (Wildman–Crippen LogP) is 2.53. The van der Waals surface area contributed by atoms with Gasteiger partial charge in [-0.25, -0.2) is 4.99 Å². The van der Waals surface area contributed by atoms with Crippen molar-refractivity contribution in [3.63, 3.8) is 0 Å². The topological polar surface area (TPSA) is 42.9 Å². The Labute approximate surface area is 153 Å². The molecule has 0 atom stereocenters. The lowest BCUT2D eigenvalue weighted by molar-refractivity contribution is -0.137. The Bertz CT molecular complexity index is 599. The van der Waals surface area contributed by atoms with Gasteiger partial charge in [0.2, 0.25) is 0 Å². The minimum atomic E-state index is -4.36. The fourth-order valence-corrected chi connectivity index (χ4v) is 2.92. The molecule has 1 aliphatic heterocycles. The Hall–Kier alpha value is -1.96. The maximum absolute atomic E-state index is 13.2. The van der Waals surface area contributed by atoms with E-state index in [0.29, 0.717) is 24.6 Å². The standard InChI is InChI=1S/C18H28F3N5/c1-4-22-17(23-5-2)24-13-14-12-15(18(19,20)21)6-7-16(14)26-10-8-25(3)9-11-26/h6-7,12H,4-5,8-11,13H2,1-3H3,(H2,22,23,24). The Morgan fingerprint density at radius 3 is 2.23 bits per heavy atom. The quantitative estimate of drug-likeness (QED) is 0.617. The van der Waals surface area contributed by atoms with Crippen LogP contribution in [0.1, 0.15) is 25.0 Å². The lowest BCUT2D eigenvalue weighted by Crippen LogP contribution is -2.44. The van der Waals surface area contributed by atoms with Crippen LogP contribution in [0.3, 0.4) is 0 Å². The highest BCUT2D eigenvalue weighted by molar-refractivity contribution is 5.79. The van der Waals surface area contributed by atoms with Crippen molar-refractivity contribution in [3.8, 4) is 0 Å². The molecule has 1 heterocycles. The molecular formula is C18H28F3N5. The van der Waals surface area contributed by atoms with E-state index in [0.717, 1.165) is 37.9 Å². The third-order valence-electron chi connectivity index (χ3n) is 4.35. The first-order valence-electron chi connectivity index (χ1n) is 9.01. The number of benzene rings is 1. The molecule has 1 aromatic carbocycles. The van der Waals surface area contributed by atoms with Crippen molar-refractivity contribution < 1.29 is 13.2 Å². The number of alkyl halides is 3. The van der Waals surface area contributed by atoms with Gasteiger partial charge in [-0.15, -0.1) is 0 Å². The van der Waals surface area contributed by atoms with Crippen molar-refractivity contribution in [2.75, 3.05) is 51.2 Å². The van der Waals surface area contributed by atoms with Crippen LogP contribution in [-0.2, 0) is 12.7 Å². The Morgan fingerprint density at radius 2 is 1.69 bits per heavy atom. The molecule has 0 amide bonds. The molecule has 5 nitrogen and oxygen atoms in total. The fourth-order valence-electron chi connectivity index (χ4n) is 2.92. The minimum absolute atomic E-state index is 0.195. The first-order valence-corrected chi connectivity index (χ1v) is 9.01. The van der Waals surface area contributed by atoms with Crippen molar-refractivity contribution >= 4 is 11.6 Å². The number of likely N-dealkylation sites (N-methyl/N-ethyl adjacent to an activating group) is 1. The van der Waals surface area contributed by atoms with E-state index in [1.54, 1.807) is 6.07 Å². The zero-order valence-electron chi connectivity index (χ0n) is 15.7. The van der Waals surface area contributed by atoms with Crippen LogP contribution < -0.4 is 15.5 Å². The Kier molecular flexibility index (Phi) is 7.14. The molecule has 2 rings (SSSR count). The average Bonchev–Trinajstić information content (AvgIpc) is 2.60. The van der Waals surface area contributed by atoms with E-state index < -0.39 is 11.7 Å². The molecule has 0 aromatic heterocycles. The average molecular weight is 371 g/mol. The van der Waals surface area contributed by atoms with E-state index >= 15 is 0 Å². The van der Waals surface area contributed by atoms with Crippen molar-refractivity contribution in [1.29, 1.82) is 0 Å². The Morgan fingerprint density at radius 1 is 1.08 bits per heavy atom. The van der Waals surface area contributed by atoms with E-state index in [9.17, 15) is 13.2 Å². The highest BCUT2D eigenvalue weighted by Crippen LogP contribution is 2.33. The van der Waals surface area contributed by atoms with E-state index in [2.05, 4.69) is 32.5 Å². The molecular weight excluding hydrogens is 343 g/mol. The third-order valence-corrected chi connectivity index (χ3v) is 4.35. The molecule has 0 unspecified atom stereocenters. The molecule has 26 heavy (non-hydrogen) atoms. The van der Waals surface area contributed by atoms with Crippen LogP contribution >= 0.6 is 0 Å². The fraction of sp³-hybridized carbons (Fsp3) is 0.611. The molecule has 0 saturated carbocycles. The van der Waals surface area contributed by atoms with Crippen LogP contribution in [0.4, 0.5) is 18.9 Å². The van der Waals surface area contributed by atoms with Crippen LogP contribution in [0.5, 0.6) is 0 Å². The molecule has 0 bridgehead atoms. The van der Waals surface area contributed by atoms with Gasteiger partial charge in [-0.05, 0) is 44.7 Å². The van der Waals surface area contributed by atoms with Crippen molar-refractivity contribution in [1.82, 2.24) is 15.5 Å². The third kappa shape index (κ3) is 5.52. The summed E-state index contributed by atoms with van der Waals surface area (Å²) in [5.74, 6) is 0.608. The maximum atomic E-state index is 13.2. The summed E-state index contributed by atoms with van der Waals surface area (Å²) in [4.78, 5) is 8.82. The number of nitrogens with one attached hydrogen (secondary N) is 2. The first kappa shape index (κ1) is 20.4. The number of guanidine groups is 1. The van der Waals surface area contributed by atoms with E-state index in [-0.39, 0.29) is 6.54 Å². The molecule has 1 fully saturated rings. The van der Waals surface area contributed by atoms with Crippen molar-refractivity contribution in [2.45, 2.75) is 26.6 Å². The lowest BCUT2D eigenvalue weighted by atomic mass is 10.1. The van der Waals surface area contributed by atoms with E-state index in [1.807, 2.05) is 13.8 Å². The number of hydrogen-bond acceptors (Lipinski definition) is 3. The van der Waals surface area contributed by atoms with Crippen LogP contribution in [-0.4, -0.2) is 57.2 Å². The van der Waals surface area contributed by atoms with Gasteiger partial charge in [0.1, 0.15) is 0 Å². The highest BCUT2D eigenvalue weighted by Gasteiger charge is 2.31. The summed E-state index contributed by atoms with van der Waals surface area (Å²) >= 11 is 0. The van der Waals surface area contributed by atoms with Gasteiger partial charge < -0.3 is 20.4 Å². The minimum Gasteiger partial charge on any atom is -0.369 e. The van der Waals surface area contributed by atoms with Crippen molar-refractivity contribution in [2.24, 2.45) is 4.99 Å². The summed E-state index contributed by atoms with van der Waals surface area (Å²) in [6.07, 6.45) is -4.36. The monoisotopic (exact) mass is 371 g/mol. The van der Waals surface area contributed by atoms with Crippen LogP contribution in [0.15, 0.2) is 23.2 Å². The van der Waals surface area contributed by atoms with Gasteiger partial charge in [0, 0.05) is 45.0 Å². The summed E-state index contributed by atoms with van der Waals surface area (Å²) in [6.45, 7) is 8.87. The lowest BCUT2D eigenvalue weighted by Gasteiger charge is -2.35. The first-order chi connectivity index (χ1) is 12.3. The van der Waals surface area contributed by atoms with Crippen LogP contribution in [0, 0.1) is 0 Å². The van der Waals surface area contributed by atoms with Crippen LogP contribution in [0.2, 0.25) is 0 Å². The second kappa shape index (κ2) is 9.12. The molecule has 2 N–H and O–H groups in total. The number of anilines is 1. The van der Waals surface area contributed by atoms with Gasteiger partial charge in [0.15, 0.2) is 5.96 Å². The van der Waals surface area contributed by atoms with E-state index in [1.165, 1.54) is 6.07 Å². The van der Waals surface area contributed by atoms with Gasteiger partial charge in [-0.2, -0.15) is 13.2 Å². The van der Waals surface area contributed by atoms with Gasteiger partial charge in [-0.1, -0.05) is 0 Å². The van der Waals surface area contributed by atoms with E-state index in [4.69, 9.17) is 0 Å². The summed E-state index contributed by atoms with van der Waals surface area (Å²) in [6, 6.07) is 3.97. The highest BCUT2D eigenvalue weighted by atomic mass is 19.4. The summed E-state index contributed by atoms with van der Waals surface area (Å²) in [7, 11) is 2.05. The SMILES string of the molecule is CCNC(=NCc1cc(C(F)(F)F)ccc1N1CCN(C)CC1)NCC. The number of nitrogens with zero attached hydrogens (tertiary/aromatic N) is 3. The number of aliphatic imine (C=N–C) groups is 1. The number of rotatable bonds is 5. The molecule has 1 aromatic rings. The smallest absolute Gasteiger partial charge is 0.369 e. The van der Waals surface area contributed by atoms with Gasteiger partial charge in [-0.3, -0.25) is 0 Å². The van der Waals surface area contributed by atoms with Crippen molar-refractivity contribution in [3.05, 3.63) is 29.3 Å². The predicted molar refractivity (Wildman–Crippen MR) is 99.6 cm³/mol. The van der Waals surface area contributed by atoms with Crippen LogP contribution in [0.25, 0.3) is 0 Å². The van der Waals surface area contributed by atoms with Gasteiger partial charge in [0.05, 0.1) is 12.1 Å². The largest absolute Gasteiger partial charge is 0.416 e. The second-order valence-electron chi connectivity index (χ2n) is 6.36. The molecule has 0 aliphatic carbocycles. The summed E-state index contributed by atoms with van der Waals surface area (Å²) in [5, 5.41) is 6.20. The normalized spacial score (nSPS) is 15.7. The molecule has 1 saturated heterocycles. The molecule has 146 valence electrons. The number of hydrogen-bond donors (Lipinski definition) is 2. The van der Waals surface area contributed by atoms with Gasteiger partial charge >= 0.3 is 6.18 Å². The number of halogens is 3. The molecule has 0 radical (unpaired) electrons. The zero-order chi connectivity index (χ0) is 19.2. The Balaban J connectivity index is 2.31. The summed E-state index contributed by atoms with van der Waals surface area (Å²) < 4.78 is 39.5. The molecule has 0 spiro atoms. The summed E-state index contributed by atoms with van der Waals surface area (Å²) in [5.41, 5.74) is 0.800. The maximum Gasteiger partial charge on any atom is 0.416 e. The zero-order valence-corrected chi connectivity index (χ0v) is 15.7. The molecule has 8 heteroatoms. The second-order valence-corrected chi connectivity index (χ2v) is 6.36.